The number of hydrogen-bond acceptors (Lipinski definition) is 10. The van der Waals surface area contributed by atoms with Gasteiger partial charge in [0.05, 0.1) is 51.5 Å². The van der Waals surface area contributed by atoms with Crippen LogP contribution in [0.2, 0.25) is 0 Å². The van der Waals surface area contributed by atoms with E-state index in [0.717, 1.165) is 45.1 Å². The number of amides is 1. The smallest absolute Gasteiger partial charge is 0.417 e. The minimum atomic E-state index is -4.71. The number of halogens is 4. The molecule has 5 atom stereocenters. The Morgan fingerprint density at radius 3 is 2.53 bits per heavy atom. The van der Waals surface area contributed by atoms with Crippen LogP contribution in [-0.2, 0) is 22.7 Å². The Kier molecular flexibility index (Phi) is 9.28. The third-order valence-corrected chi connectivity index (χ3v) is 13.4. The first-order valence-corrected chi connectivity index (χ1v) is 21.2. The summed E-state index contributed by atoms with van der Waals surface area (Å²) in [5, 5.41) is 6.21. The summed E-state index contributed by atoms with van der Waals surface area (Å²) in [7, 11) is 1.78. The Bertz CT molecular complexity index is 2500. The van der Waals surface area contributed by atoms with Crippen molar-refractivity contribution in [3.05, 3.63) is 35.7 Å². The second kappa shape index (κ2) is 14.1. The van der Waals surface area contributed by atoms with Crippen LogP contribution in [0.1, 0.15) is 89.5 Å². The number of pyridine rings is 1. The highest BCUT2D eigenvalue weighted by Crippen LogP contribution is 2.48. The van der Waals surface area contributed by atoms with E-state index in [0.29, 0.717) is 77.7 Å². The van der Waals surface area contributed by atoms with Gasteiger partial charge >= 0.3 is 18.3 Å². The minimum Gasteiger partial charge on any atom is -0.461 e. The topological polar surface area (TPSA) is 116 Å². The number of fused-ring (bicyclic) bond motifs is 7. The summed E-state index contributed by atoms with van der Waals surface area (Å²) in [6.07, 6.45) is 2.89. The Labute approximate surface area is 344 Å². The van der Waals surface area contributed by atoms with Crippen LogP contribution in [0.4, 0.5) is 28.2 Å². The lowest BCUT2D eigenvalue weighted by Gasteiger charge is -2.42. The fourth-order valence-corrected chi connectivity index (χ4v) is 10.9. The molecule has 9 heterocycles. The lowest BCUT2D eigenvalue weighted by Crippen LogP contribution is -2.57. The molecule has 1 amide bonds. The molecule has 0 N–H and O–H groups in total. The standard InChI is InChI=1S/C43H51F4N9O4/c1-24-17-30-29(19-49-56(30)31-9-6-7-16-58-31)32(34(24)43(45,46)47)35-36-28(12-14-48-35)33-37(52(36)5)50-39(59-23-42-13-8-15-54(42)20-25(44)18-42)51-38(33)53-21-26-10-11-27(22-53)55(26)40(57)60-41(2,3)4/h12,14,17,19,25-27,31H,6-11,13,15-16,18,20-23H2,1-5H3/t25-,26-,27+,31?,42+/m1/s1. The molecule has 13 nitrogen and oxygen atoms in total. The first-order chi connectivity index (χ1) is 28.6. The second-order valence-electron chi connectivity index (χ2n) is 18.5. The Morgan fingerprint density at radius 1 is 1.03 bits per heavy atom. The number of ether oxygens (including phenoxy) is 3. The van der Waals surface area contributed by atoms with Crippen LogP contribution in [0.3, 0.4) is 0 Å². The van der Waals surface area contributed by atoms with Gasteiger partial charge in [0.2, 0.25) is 0 Å². The summed E-state index contributed by atoms with van der Waals surface area (Å²) in [5.74, 6) is 0.557. The number of piperazine rings is 1. The molecule has 0 aliphatic carbocycles. The zero-order valence-electron chi connectivity index (χ0n) is 34.7. The van der Waals surface area contributed by atoms with Crippen molar-refractivity contribution in [3.63, 3.8) is 0 Å². The average Bonchev–Trinajstić information content (AvgIpc) is 3.98. The predicted molar refractivity (Wildman–Crippen MR) is 217 cm³/mol. The van der Waals surface area contributed by atoms with E-state index in [1.807, 2.05) is 25.7 Å². The van der Waals surface area contributed by atoms with Gasteiger partial charge in [0, 0.05) is 62.2 Å². The number of aromatic nitrogens is 6. The maximum absolute atomic E-state index is 15.3. The number of carbonyl (C=O) groups is 1. The molecule has 5 aromatic rings. The largest absolute Gasteiger partial charge is 0.461 e. The molecule has 10 rings (SSSR count). The van der Waals surface area contributed by atoms with Gasteiger partial charge in [0.1, 0.15) is 29.8 Å². The molecule has 0 saturated carbocycles. The summed E-state index contributed by atoms with van der Waals surface area (Å²) in [4.78, 5) is 34.4. The van der Waals surface area contributed by atoms with E-state index >= 15 is 13.2 Å². The van der Waals surface area contributed by atoms with Crippen LogP contribution in [0, 0.1) is 6.92 Å². The first kappa shape index (κ1) is 39.4. The van der Waals surface area contributed by atoms with E-state index in [1.165, 1.54) is 13.1 Å². The molecule has 320 valence electrons. The van der Waals surface area contributed by atoms with Gasteiger partial charge < -0.3 is 23.7 Å². The zero-order valence-corrected chi connectivity index (χ0v) is 34.7. The molecule has 0 radical (unpaired) electrons. The van der Waals surface area contributed by atoms with Crippen molar-refractivity contribution < 1.29 is 36.6 Å². The summed E-state index contributed by atoms with van der Waals surface area (Å²) in [6.45, 7) is 9.88. The minimum absolute atomic E-state index is 0.0531. The molecule has 4 aromatic heterocycles. The summed E-state index contributed by atoms with van der Waals surface area (Å²) in [5.41, 5.74) is -0.307. The van der Waals surface area contributed by atoms with Crippen molar-refractivity contribution in [2.45, 2.75) is 121 Å². The molecule has 5 aliphatic rings. The van der Waals surface area contributed by atoms with Gasteiger partial charge in [-0.05, 0) is 96.9 Å². The molecular formula is C43H51F4N9O4. The number of carbonyl (C=O) groups excluding carboxylic acids is 1. The van der Waals surface area contributed by atoms with Gasteiger partial charge in [-0.2, -0.15) is 28.2 Å². The average molecular weight is 834 g/mol. The Morgan fingerprint density at radius 2 is 1.82 bits per heavy atom. The molecule has 60 heavy (non-hydrogen) atoms. The van der Waals surface area contributed by atoms with Crippen molar-refractivity contribution in [3.8, 4) is 17.3 Å². The van der Waals surface area contributed by atoms with Gasteiger partial charge in [-0.3, -0.25) is 14.8 Å². The van der Waals surface area contributed by atoms with Crippen molar-refractivity contribution in [1.82, 2.24) is 39.1 Å². The van der Waals surface area contributed by atoms with Gasteiger partial charge in [-0.25, -0.2) is 13.9 Å². The quantitative estimate of drug-likeness (QED) is 0.156. The third-order valence-electron chi connectivity index (χ3n) is 13.4. The monoisotopic (exact) mass is 833 g/mol. The van der Waals surface area contributed by atoms with Crippen molar-refractivity contribution in [2.24, 2.45) is 7.05 Å². The van der Waals surface area contributed by atoms with E-state index in [9.17, 15) is 9.18 Å². The van der Waals surface area contributed by atoms with Gasteiger partial charge in [-0.15, -0.1) is 0 Å². The summed E-state index contributed by atoms with van der Waals surface area (Å²) >= 11 is 0. The molecule has 1 unspecified atom stereocenters. The molecule has 5 saturated heterocycles. The fraction of sp³-hybridized carbons (Fsp3) is 0.605. The first-order valence-electron chi connectivity index (χ1n) is 21.2. The lowest BCUT2D eigenvalue weighted by atomic mass is 9.94. The Balaban J connectivity index is 1.14. The van der Waals surface area contributed by atoms with Crippen LogP contribution in [-0.4, -0.2) is 114 Å². The SMILES string of the molecule is Cc1cc2c(cnn2C2CCCCO2)c(-c2nccc3c4c(N5C[C@H]6CC[C@@H](C5)N6C(=O)OC(C)(C)C)nc(OC[C@@]56CCCN5C[C@H](F)C6)nc4n(C)c23)c1C(F)(F)F. The molecule has 2 bridgehead atoms. The van der Waals surface area contributed by atoms with E-state index in [-0.39, 0.29) is 53.8 Å². The number of anilines is 1. The molecule has 1 aromatic carbocycles. The van der Waals surface area contributed by atoms with E-state index in [1.54, 1.807) is 34.6 Å². The Hall–Kier alpha value is -4.77. The van der Waals surface area contributed by atoms with Crippen LogP contribution in [0.15, 0.2) is 24.5 Å². The number of nitrogens with zero attached hydrogens (tertiary/aromatic N) is 9. The highest BCUT2D eigenvalue weighted by Gasteiger charge is 2.50. The van der Waals surface area contributed by atoms with E-state index in [2.05, 4.69) is 14.9 Å². The number of aryl methyl sites for hydroxylation is 2. The molecule has 17 heteroatoms. The highest BCUT2D eigenvalue weighted by atomic mass is 19.4. The number of rotatable bonds is 6. The van der Waals surface area contributed by atoms with Crippen molar-refractivity contribution in [1.29, 1.82) is 0 Å². The van der Waals surface area contributed by atoms with Gasteiger partial charge in [-0.1, -0.05) is 0 Å². The predicted octanol–water partition coefficient (Wildman–Crippen LogP) is 8.10. The van der Waals surface area contributed by atoms with Gasteiger partial charge in [0.15, 0.2) is 6.23 Å². The normalized spacial score (nSPS) is 26.2. The number of benzene rings is 1. The maximum Gasteiger partial charge on any atom is 0.417 e. The van der Waals surface area contributed by atoms with Crippen molar-refractivity contribution >= 4 is 44.8 Å². The van der Waals surface area contributed by atoms with E-state index < -0.39 is 29.1 Å². The fourth-order valence-electron chi connectivity index (χ4n) is 10.9. The molecule has 0 spiro atoms. The van der Waals surface area contributed by atoms with Crippen LogP contribution < -0.4 is 9.64 Å². The second-order valence-corrected chi connectivity index (χ2v) is 18.5. The van der Waals surface area contributed by atoms with Gasteiger partial charge in [0.25, 0.3) is 0 Å². The summed E-state index contributed by atoms with van der Waals surface area (Å²) < 4.78 is 82.7. The number of alkyl halides is 4. The van der Waals surface area contributed by atoms with Crippen LogP contribution in [0.5, 0.6) is 6.01 Å². The number of hydrogen-bond donors (Lipinski definition) is 0. The third kappa shape index (κ3) is 6.43. The molecule has 5 fully saturated rings. The van der Waals surface area contributed by atoms with E-state index in [4.69, 9.17) is 29.2 Å². The molecular weight excluding hydrogens is 783 g/mol. The maximum atomic E-state index is 15.3. The van der Waals surface area contributed by atoms with Crippen LogP contribution in [0.25, 0.3) is 44.1 Å². The lowest BCUT2D eigenvalue weighted by molar-refractivity contribution is -0.137. The summed E-state index contributed by atoms with van der Waals surface area (Å²) in [6, 6.07) is 3.16. The van der Waals surface area contributed by atoms with Crippen LogP contribution >= 0.6 is 0 Å². The zero-order chi connectivity index (χ0) is 41.9. The molecule has 5 aliphatic heterocycles. The van der Waals surface area contributed by atoms with Crippen molar-refractivity contribution in [2.75, 3.05) is 44.3 Å². The highest BCUT2D eigenvalue weighted by molar-refractivity contribution is 6.17.